The minimum absolute atomic E-state index is 0.0196. The molecule has 2 rings (SSSR count). The third-order valence-corrected chi connectivity index (χ3v) is 4.96. The molecule has 0 bridgehead atoms. The van der Waals surface area contributed by atoms with E-state index in [-0.39, 0.29) is 16.9 Å². The molecule has 1 aliphatic rings. The van der Waals surface area contributed by atoms with Crippen molar-refractivity contribution in [2.75, 3.05) is 0 Å². The van der Waals surface area contributed by atoms with Crippen LogP contribution < -0.4 is 0 Å². The topological polar surface area (TPSA) is 40.5 Å². The van der Waals surface area contributed by atoms with Crippen molar-refractivity contribution in [3.63, 3.8) is 0 Å². The van der Waals surface area contributed by atoms with E-state index in [1.54, 1.807) is 6.07 Å². The van der Waals surface area contributed by atoms with Gasteiger partial charge in [-0.25, -0.2) is 0 Å². The maximum Gasteiger partial charge on any atom is 0.161 e. The molecule has 0 radical (unpaired) electrons. The average Bonchev–Trinajstić information content (AvgIpc) is 2.43. The van der Waals surface area contributed by atoms with Crippen molar-refractivity contribution in [1.29, 1.82) is 0 Å². The zero-order valence-corrected chi connectivity index (χ0v) is 12.2. The highest BCUT2D eigenvalue weighted by atomic mass is 16.3. The Morgan fingerprint density at radius 2 is 1.84 bits per heavy atom. The van der Waals surface area contributed by atoms with Crippen molar-refractivity contribution < 1.29 is 10.2 Å². The molecule has 0 aromatic heterocycles. The summed E-state index contributed by atoms with van der Waals surface area (Å²) >= 11 is 0. The van der Waals surface area contributed by atoms with Gasteiger partial charge in [0, 0.05) is 11.0 Å². The van der Waals surface area contributed by atoms with E-state index in [1.165, 1.54) is 32.1 Å². The van der Waals surface area contributed by atoms with Gasteiger partial charge in [0.05, 0.1) is 0 Å². The molecule has 0 heterocycles. The Bertz CT molecular complexity index is 419. The molecule has 1 aromatic rings. The van der Waals surface area contributed by atoms with Crippen LogP contribution in [0.1, 0.15) is 64.4 Å². The summed E-state index contributed by atoms with van der Waals surface area (Å²) in [6.07, 6.45) is 8.35. The minimum Gasteiger partial charge on any atom is -0.504 e. The molecular formula is C17H26O2. The highest BCUT2D eigenvalue weighted by molar-refractivity contribution is 5.48. The molecule has 1 aliphatic carbocycles. The van der Waals surface area contributed by atoms with E-state index in [9.17, 15) is 10.2 Å². The number of hydrogen-bond acceptors (Lipinski definition) is 2. The lowest BCUT2D eigenvalue weighted by Gasteiger charge is -2.43. The van der Waals surface area contributed by atoms with Crippen LogP contribution in [0.2, 0.25) is 0 Å². The summed E-state index contributed by atoms with van der Waals surface area (Å²) < 4.78 is 0. The third kappa shape index (κ3) is 2.58. The van der Waals surface area contributed by atoms with Crippen LogP contribution in [0, 0.1) is 5.92 Å². The second-order valence-corrected chi connectivity index (χ2v) is 6.08. The van der Waals surface area contributed by atoms with Crippen LogP contribution in [0.25, 0.3) is 0 Å². The molecule has 1 aromatic carbocycles. The van der Waals surface area contributed by atoms with E-state index in [0.29, 0.717) is 5.92 Å². The standard InChI is InChI=1S/C17H26O2/c1-3-8-13(2)17(11-5-4-6-12-17)14-9-7-10-15(18)16(14)19/h7,9-10,13,18-19H,3-6,8,11-12H2,1-2H3. The van der Waals surface area contributed by atoms with Gasteiger partial charge in [-0.2, -0.15) is 0 Å². The second-order valence-electron chi connectivity index (χ2n) is 6.08. The zero-order chi connectivity index (χ0) is 13.9. The van der Waals surface area contributed by atoms with Crippen LogP contribution in [-0.4, -0.2) is 10.2 Å². The van der Waals surface area contributed by atoms with Crippen molar-refractivity contribution in [1.82, 2.24) is 0 Å². The van der Waals surface area contributed by atoms with Crippen LogP contribution in [0.5, 0.6) is 11.5 Å². The van der Waals surface area contributed by atoms with Gasteiger partial charge >= 0.3 is 0 Å². The van der Waals surface area contributed by atoms with Gasteiger partial charge in [-0.05, 0) is 24.8 Å². The van der Waals surface area contributed by atoms with Gasteiger partial charge in [0.25, 0.3) is 0 Å². The lowest BCUT2D eigenvalue weighted by atomic mass is 9.61. The van der Waals surface area contributed by atoms with Crippen LogP contribution in [0.4, 0.5) is 0 Å². The van der Waals surface area contributed by atoms with Crippen LogP contribution in [0.3, 0.4) is 0 Å². The van der Waals surface area contributed by atoms with Crippen LogP contribution in [-0.2, 0) is 5.41 Å². The van der Waals surface area contributed by atoms with Gasteiger partial charge in [0.1, 0.15) is 0 Å². The number of phenolic OH excluding ortho intramolecular Hbond substituents is 2. The highest BCUT2D eigenvalue weighted by Crippen LogP contribution is 2.50. The smallest absolute Gasteiger partial charge is 0.161 e. The largest absolute Gasteiger partial charge is 0.504 e. The first-order valence-electron chi connectivity index (χ1n) is 7.63. The molecule has 0 amide bonds. The molecule has 0 spiro atoms. The van der Waals surface area contributed by atoms with E-state index >= 15 is 0 Å². The summed E-state index contributed by atoms with van der Waals surface area (Å²) in [6.45, 7) is 4.52. The Morgan fingerprint density at radius 1 is 1.16 bits per heavy atom. The normalized spacial score (nSPS) is 20.1. The second kappa shape index (κ2) is 5.85. The summed E-state index contributed by atoms with van der Waals surface area (Å²) in [5, 5.41) is 20.1. The maximum absolute atomic E-state index is 10.3. The van der Waals surface area contributed by atoms with Gasteiger partial charge in [-0.3, -0.25) is 0 Å². The fourth-order valence-corrected chi connectivity index (χ4v) is 3.85. The van der Waals surface area contributed by atoms with Crippen molar-refractivity contribution in [3.8, 4) is 11.5 Å². The number of aromatic hydroxyl groups is 2. The van der Waals surface area contributed by atoms with Crippen molar-refractivity contribution in [2.24, 2.45) is 5.92 Å². The minimum atomic E-state index is 0.0196. The number of phenols is 2. The van der Waals surface area contributed by atoms with Gasteiger partial charge in [0.2, 0.25) is 0 Å². The summed E-state index contributed by atoms with van der Waals surface area (Å²) in [5.41, 5.74) is 1.02. The molecule has 106 valence electrons. The summed E-state index contributed by atoms with van der Waals surface area (Å²) in [4.78, 5) is 0. The average molecular weight is 262 g/mol. The monoisotopic (exact) mass is 262 g/mol. The molecule has 1 atom stereocenters. The molecule has 1 fully saturated rings. The molecule has 2 N–H and O–H groups in total. The van der Waals surface area contributed by atoms with E-state index < -0.39 is 0 Å². The van der Waals surface area contributed by atoms with Gasteiger partial charge in [-0.15, -0.1) is 0 Å². The first kappa shape index (κ1) is 14.2. The van der Waals surface area contributed by atoms with E-state index in [1.807, 2.05) is 12.1 Å². The fourth-order valence-electron chi connectivity index (χ4n) is 3.85. The predicted molar refractivity (Wildman–Crippen MR) is 78.6 cm³/mol. The van der Waals surface area contributed by atoms with E-state index in [4.69, 9.17) is 0 Å². The Hall–Kier alpha value is -1.18. The Morgan fingerprint density at radius 3 is 2.47 bits per heavy atom. The molecule has 1 saturated carbocycles. The number of hydrogen-bond donors (Lipinski definition) is 2. The first-order valence-corrected chi connectivity index (χ1v) is 7.63. The quantitative estimate of drug-likeness (QED) is 0.770. The molecular weight excluding hydrogens is 236 g/mol. The number of para-hydroxylation sites is 1. The molecule has 2 nitrogen and oxygen atoms in total. The molecule has 1 unspecified atom stereocenters. The fraction of sp³-hybridized carbons (Fsp3) is 0.647. The zero-order valence-electron chi connectivity index (χ0n) is 12.2. The van der Waals surface area contributed by atoms with Crippen LogP contribution >= 0.6 is 0 Å². The lowest BCUT2D eigenvalue weighted by molar-refractivity contribution is 0.186. The number of rotatable bonds is 4. The number of benzene rings is 1. The summed E-state index contributed by atoms with van der Waals surface area (Å²) in [7, 11) is 0. The Balaban J connectivity index is 2.44. The van der Waals surface area contributed by atoms with E-state index in [2.05, 4.69) is 13.8 Å². The van der Waals surface area contributed by atoms with Gasteiger partial charge < -0.3 is 10.2 Å². The summed E-state index contributed by atoms with van der Waals surface area (Å²) in [5.74, 6) is 0.670. The summed E-state index contributed by atoms with van der Waals surface area (Å²) in [6, 6.07) is 5.44. The lowest BCUT2D eigenvalue weighted by Crippen LogP contribution is -2.36. The molecule has 0 aliphatic heterocycles. The Kier molecular flexibility index (Phi) is 4.38. The maximum atomic E-state index is 10.3. The van der Waals surface area contributed by atoms with Crippen molar-refractivity contribution >= 4 is 0 Å². The van der Waals surface area contributed by atoms with Crippen molar-refractivity contribution in [3.05, 3.63) is 23.8 Å². The highest BCUT2D eigenvalue weighted by Gasteiger charge is 2.40. The first-order chi connectivity index (χ1) is 9.12. The van der Waals surface area contributed by atoms with Gasteiger partial charge in [-0.1, -0.05) is 58.1 Å². The van der Waals surface area contributed by atoms with Crippen molar-refractivity contribution in [2.45, 2.75) is 64.2 Å². The third-order valence-electron chi connectivity index (χ3n) is 4.96. The SMILES string of the molecule is CCCC(C)C1(c2cccc(O)c2O)CCCCC1. The predicted octanol–water partition coefficient (Wildman–Crippen LogP) is 4.74. The Labute approximate surface area is 116 Å². The molecule has 19 heavy (non-hydrogen) atoms. The van der Waals surface area contributed by atoms with Gasteiger partial charge in [0.15, 0.2) is 11.5 Å². The molecule has 2 heteroatoms. The molecule has 0 saturated heterocycles. The van der Waals surface area contributed by atoms with Crippen LogP contribution in [0.15, 0.2) is 18.2 Å². The van der Waals surface area contributed by atoms with E-state index in [0.717, 1.165) is 18.4 Å².